The fourth-order valence-electron chi connectivity index (χ4n) is 1.68. The number of benzene rings is 1. The van der Waals surface area contributed by atoms with Gasteiger partial charge in [-0.1, -0.05) is 23.7 Å². The Morgan fingerprint density at radius 1 is 1.08 bits per heavy atom. The first-order chi connectivity index (χ1) is 11.3. The highest BCUT2D eigenvalue weighted by Gasteiger charge is 2.38. The number of ether oxygens (including phenoxy) is 1. The van der Waals surface area contributed by atoms with Crippen LogP contribution in [0.1, 0.15) is 19.3 Å². The van der Waals surface area contributed by atoms with E-state index in [1.54, 1.807) is 29.6 Å². The quantitative estimate of drug-likeness (QED) is 0.660. The van der Waals surface area contributed by atoms with Crippen LogP contribution in [-0.4, -0.2) is 37.7 Å². The third-order valence-electron chi connectivity index (χ3n) is 2.86. The molecule has 5 nitrogen and oxygen atoms in total. The molecular formula is C15H18ClF3N2O3. The Hall–Kier alpha value is -1.96. The Labute approximate surface area is 142 Å². The molecule has 0 atom stereocenters. The van der Waals surface area contributed by atoms with E-state index >= 15 is 0 Å². The van der Waals surface area contributed by atoms with Gasteiger partial charge in [-0.2, -0.15) is 13.2 Å². The van der Waals surface area contributed by atoms with Gasteiger partial charge in [0.05, 0.1) is 11.6 Å². The van der Waals surface area contributed by atoms with Crippen molar-refractivity contribution in [2.24, 2.45) is 0 Å². The van der Waals surface area contributed by atoms with Crippen molar-refractivity contribution in [1.29, 1.82) is 0 Å². The summed E-state index contributed by atoms with van der Waals surface area (Å²) in [5, 5.41) is 4.77. The van der Waals surface area contributed by atoms with Gasteiger partial charge < -0.3 is 15.4 Å². The standard InChI is InChI=1S/C15H18ClF3N2O3/c16-11-5-1-2-6-12(11)24-10-3-7-13(22)20-8-4-9-21-14(23)15(17,18)19/h1-2,5-6H,3-4,7-10H2,(H,20,22)(H,21,23). The van der Waals surface area contributed by atoms with E-state index in [0.29, 0.717) is 23.8 Å². The number of hydrogen-bond donors (Lipinski definition) is 2. The number of hydrogen-bond acceptors (Lipinski definition) is 3. The molecule has 0 saturated carbocycles. The largest absolute Gasteiger partial charge is 0.492 e. The first-order valence-corrected chi connectivity index (χ1v) is 7.67. The van der Waals surface area contributed by atoms with Gasteiger partial charge in [0.1, 0.15) is 5.75 Å². The highest BCUT2D eigenvalue weighted by Crippen LogP contribution is 2.23. The minimum absolute atomic E-state index is 0.158. The SMILES string of the molecule is O=C(CCCOc1ccccc1Cl)NCCCNC(=O)C(F)(F)F. The smallest absolute Gasteiger partial charge is 0.471 e. The van der Waals surface area contributed by atoms with Crippen LogP contribution in [0.3, 0.4) is 0 Å². The molecule has 2 N–H and O–H groups in total. The van der Waals surface area contributed by atoms with E-state index in [1.807, 2.05) is 0 Å². The van der Waals surface area contributed by atoms with Gasteiger partial charge in [0.15, 0.2) is 0 Å². The van der Waals surface area contributed by atoms with Gasteiger partial charge in [0, 0.05) is 19.5 Å². The van der Waals surface area contributed by atoms with Crippen molar-refractivity contribution in [3.05, 3.63) is 29.3 Å². The van der Waals surface area contributed by atoms with E-state index < -0.39 is 12.1 Å². The summed E-state index contributed by atoms with van der Waals surface area (Å²) >= 11 is 5.91. The first kappa shape index (κ1) is 20.1. The number of nitrogens with one attached hydrogen (secondary N) is 2. The zero-order valence-electron chi connectivity index (χ0n) is 12.8. The molecule has 0 unspecified atom stereocenters. The topological polar surface area (TPSA) is 67.4 Å². The number of rotatable bonds is 9. The Morgan fingerprint density at radius 3 is 2.42 bits per heavy atom. The second kappa shape index (κ2) is 10.0. The fourth-order valence-corrected chi connectivity index (χ4v) is 1.87. The monoisotopic (exact) mass is 366 g/mol. The maximum absolute atomic E-state index is 11.9. The van der Waals surface area contributed by atoms with E-state index in [0.717, 1.165) is 0 Å². The average Bonchev–Trinajstić information content (AvgIpc) is 2.51. The van der Waals surface area contributed by atoms with Crippen molar-refractivity contribution < 1.29 is 27.5 Å². The Morgan fingerprint density at radius 2 is 1.75 bits per heavy atom. The molecule has 2 amide bonds. The fraction of sp³-hybridized carbons (Fsp3) is 0.467. The summed E-state index contributed by atoms with van der Waals surface area (Å²) in [6.45, 7) is 0.343. The second-order valence-electron chi connectivity index (χ2n) is 4.84. The first-order valence-electron chi connectivity index (χ1n) is 7.29. The van der Waals surface area contributed by atoms with Crippen LogP contribution in [0.15, 0.2) is 24.3 Å². The molecule has 134 valence electrons. The Balaban J connectivity index is 2.04. The minimum Gasteiger partial charge on any atom is -0.492 e. The second-order valence-corrected chi connectivity index (χ2v) is 5.25. The summed E-state index contributed by atoms with van der Waals surface area (Å²) in [6, 6.07) is 6.98. The summed E-state index contributed by atoms with van der Waals surface area (Å²) in [4.78, 5) is 22.0. The van der Waals surface area contributed by atoms with Crippen molar-refractivity contribution in [2.45, 2.75) is 25.4 Å². The van der Waals surface area contributed by atoms with Crippen LogP contribution in [-0.2, 0) is 9.59 Å². The number of carbonyl (C=O) groups excluding carboxylic acids is 2. The van der Waals surface area contributed by atoms with Crippen LogP contribution >= 0.6 is 11.6 Å². The summed E-state index contributed by atoms with van der Waals surface area (Å²) < 4.78 is 41.1. The van der Waals surface area contributed by atoms with Crippen LogP contribution in [0.2, 0.25) is 5.02 Å². The lowest BCUT2D eigenvalue weighted by Gasteiger charge is -2.09. The molecule has 0 heterocycles. The van der Waals surface area contributed by atoms with Crippen molar-refractivity contribution >= 4 is 23.4 Å². The predicted molar refractivity (Wildman–Crippen MR) is 82.9 cm³/mol. The zero-order valence-corrected chi connectivity index (χ0v) is 13.5. The molecule has 0 fully saturated rings. The van der Waals surface area contributed by atoms with Crippen LogP contribution in [0, 0.1) is 0 Å². The summed E-state index contributed by atoms with van der Waals surface area (Å²) in [7, 11) is 0. The highest BCUT2D eigenvalue weighted by atomic mass is 35.5. The van der Waals surface area contributed by atoms with Gasteiger partial charge in [0.2, 0.25) is 5.91 Å². The summed E-state index contributed by atoms with van der Waals surface area (Å²) in [5.74, 6) is -1.68. The lowest BCUT2D eigenvalue weighted by Crippen LogP contribution is -2.38. The van der Waals surface area contributed by atoms with Gasteiger partial charge in [-0.05, 0) is 25.0 Å². The normalized spacial score (nSPS) is 11.0. The van der Waals surface area contributed by atoms with E-state index in [1.165, 1.54) is 0 Å². The van der Waals surface area contributed by atoms with Crippen LogP contribution in [0.25, 0.3) is 0 Å². The maximum atomic E-state index is 11.9. The highest BCUT2D eigenvalue weighted by molar-refractivity contribution is 6.32. The Bertz CT molecular complexity index is 553. The molecule has 1 rings (SSSR count). The van der Waals surface area contributed by atoms with Crippen molar-refractivity contribution in [3.63, 3.8) is 0 Å². The molecule has 0 saturated heterocycles. The third-order valence-corrected chi connectivity index (χ3v) is 3.17. The molecule has 0 aromatic heterocycles. The molecule has 0 aliphatic rings. The molecule has 0 radical (unpaired) electrons. The van der Waals surface area contributed by atoms with Crippen LogP contribution < -0.4 is 15.4 Å². The van der Waals surface area contributed by atoms with Gasteiger partial charge in [-0.25, -0.2) is 0 Å². The summed E-state index contributed by atoms with van der Waals surface area (Å²) in [6.07, 6.45) is -3.98. The number of amides is 2. The lowest BCUT2D eigenvalue weighted by atomic mass is 10.3. The summed E-state index contributed by atoms with van der Waals surface area (Å²) in [5.41, 5.74) is 0. The van der Waals surface area contributed by atoms with E-state index in [4.69, 9.17) is 16.3 Å². The molecule has 9 heteroatoms. The molecular weight excluding hydrogens is 349 g/mol. The van der Waals surface area contributed by atoms with Gasteiger partial charge in [0.25, 0.3) is 0 Å². The van der Waals surface area contributed by atoms with E-state index in [9.17, 15) is 22.8 Å². The molecule has 0 spiro atoms. The predicted octanol–water partition coefficient (Wildman–Crippen LogP) is 2.68. The van der Waals surface area contributed by atoms with E-state index in [2.05, 4.69) is 5.32 Å². The van der Waals surface area contributed by atoms with Crippen molar-refractivity contribution in [1.82, 2.24) is 10.6 Å². The zero-order chi connectivity index (χ0) is 18.0. The van der Waals surface area contributed by atoms with Crippen LogP contribution in [0.4, 0.5) is 13.2 Å². The van der Waals surface area contributed by atoms with Gasteiger partial charge in [-0.15, -0.1) is 0 Å². The molecule has 1 aromatic rings. The molecule has 0 bridgehead atoms. The van der Waals surface area contributed by atoms with Crippen molar-refractivity contribution in [3.8, 4) is 5.75 Å². The van der Waals surface area contributed by atoms with Crippen molar-refractivity contribution in [2.75, 3.05) is 19.7 Å². The maximum Gasteiger partial charge on any atom is 0.471 e. The third kappa shape index (κ3) is 8.05. The molecule has 0 aliphatic heterocycles. The van der Waals surface area contributed by atoms with Gasteiger partial charge in [-0.3, -0.25) is 9.59 Å². The number of para-hydroxylation sites is 1. The minimum atomic E-state index is -4.88. The number of alkyl halides is 3. The van der Waals surface area contributed by atoms with Crippen LogP contribution in [0.5, 0.6) is 5.75 Å². The Kier molecular flexibility index (Phi) is 8.39. The average molecular weight is 367 g/mol. The lowest BCUT2D eigenvalue weighted by molar-refractivity contribution is -0.173. The van der Waals surface area contributed by atoms with E-state index in [-0.39, 0.29) is 31.8 Å². The van der Waals surface area contributed by atoms with Gasteiger partial charge >= 0.3 is 12.1 Å². The number of halogens is 4. The molecule has 1 aromatic carbocycles. The number of carbonyl (C=O) groups is 2. The molecule has 0 aliphatic carbocycles. The molecule has 24 heavy (non-hydrogen) atoms.